The van der Waals surface area contributed by atoms with Crippen LogP contribution < -0.4 is 21.8 Å². The van der Waals surface area contributed by atoms with Gasteiger partial charge in [-0.15, -0.1) is 0 Å². The van der Waals surface area contributed by atoms with E-state index >= 15 is 0 Å². The van der Waals surface area contributed by atoms with Gasteiger partial charge in [-0.05, 0) is 59.0 Å². The Morgan fingerprint density at radius 1 is 1.03 bits per heavy atom. The van der Waals surface area contributed by atoms with Crippen LogP contribution in [0.3, 0.4) is 0 Å². The van der Waals surface area contributed by atoms with E-state index in [1.165, 1.54) is 6.07 Å². The van der Waals surface area contributed by atoms with Crippen LogP contribution >= 0.6 is 0 Å². The molecule has 0 saturated carbocycles. The highest BCUT2D eigenvalue weighted by molar-refractivity contribution is 6.00. The van der Waals surface area contributed by atoms with Crippen LogP contribution in [0.5, 0.6) is 5.75 Å². The molecule has 0 aliphatic carbocycles. The number of ether oxygens (including phenoxy) is 1. The Morgan fingerprint density at radius 3 is 2.54 bits per heavy atom. The Balaban J connectivity index is 1.74. The van der Waals surface area contributed by atoms with Gasteiger partial charge >= 0.3 is 0 Å². The number of para-hydroxylation sites is 1. The summed E-state index contributed by atoms with van der Waals surface area (Å²) in [6.45, 7) is 6.62. The largest absolute Gasteiger partial charge is 0.487 e. The fourth-order valence-electron chi connectivity index (χ4n) is 4.45. The van der Waals surface area contributed by atoms with Crippen LogP contribution in [-0.4, -0.2) is 10.8 Å². The highest BCUT2D eigenvalue weighted by atomic mass is 19.1. The van der Waals surface area contributed by atoms with Gasteiger partial charge in [0, 0.05) is 16.9 Å². The van der Waals surface area contributed by atoms with Crippen molar-refractivity contribution in [3.8, 4) is 5.75 Å². The molecule has 6 nitrogen and oxygen atoms in total. The van der Waals surface area contributed by atoms with Crippen LogP contribution in [0.4, 0.5) is 4.39 Å². The molecule has 0 fully saturated rings. The molecular weight excluding hydrogens is 441 g/mol. The second-order valence-electron chi connectivity index (χ2n) is 9.51. The fraction of sp³-hybridized carbons (Fsp3) is 0.214. The van der Waals surface area contributed by atoms with Crippen molar-refractivity contribution in [3.05, 3.63) is 107 Å². The first-order chi connectivity index (χ1) is 16.8. The summed E-state index contributed by atoms with van der Waals surface area (Å²) in [5.41, 5.74) is 6.46. The van der Waals surface area contributed by atoms with Crippen LogP contribution in [0.15, 0.2) is 84.0 Å². The van der Waals surface area contributed by atoms with Crippen molar-refractivity contribution in [2.75, 3.05) is 0 Å². The smallest absolute Gasteiger partial charge is 0.167 e. The number of amidine groups is 1. The van der Waals surface area contributed by atoms with Gasteiger partial charge < -0.3 is 16.0 Å². The number of nitrogens with zero attached hydrogens (tertiary/aromatic N) is 2. The van der Waals surface area contributed by atoms with Gasteiger partial charge in [0.25, 0.3) is 0 Å². The molecule has 5 N–H and O–H groups in total. The molecule has 35 heavy (non-hydrogen) atoms. The number of benzene rings is 3. The monoisotopic (exact) mass is 471 g/mol. The first-order valence-electron chi connectivity index (χ1n) is 11.4. The zero-order valence-electron chi connectivity index (χ0n) is 20.1. The number of fused-ring (bicyclic) bond motifs is 1. The van der Waals surface area contributed by atoms with Crippen molar-refractivity contribution >= 4 is 16.7 Å². The molecule has 180 valence electrons. The highest BCUT2D eigenvalue weighted by Gasteiger charge is 2.31. The van der Waals surface area contributed by atoms with E-state index in [4.69, 9.17) is 16.4 Å². The molecule has 3 aromatic carbocycles. The molecular formula is C28H30FN5O. The van der Waals surface area contributed by atoms with Gasteiger partial charge in [-0.2, -0.15) is 5.10 Å². The van der Waals surface area contributed by atoms with E-state index < -0.39 is 0 Å². The summed E-state index contributed by atoms with van der Waals surface area (Å²) in [6, 6.07) is 24.2. The first-order valence-corrected chi connectivity index (χ1v) is 11.4. The molecule has 7 heteroatoms. The lowest BCUT2D eigenvalue weighted by molar-refractivity contribution is 0.300. The minimum absolute atomic E-state index is 0.194. The topological polar surface area (TPSA) is 98.5 Å². The van der Waals surface area contributed by atoms with Crippen LogP contribution in [0, 0.1) is 11.2 Å². The van der Waals surface area contributed by atoms with Crippen molar-refractivity contribution in [1.29, 1.82) is 0 Å². The average Bonchev–Trinajstić information content (AvgIpc) is 2.83. The van der Waals surface area contributed by atoms with Gasteiger partial charge in [-0.1, -0.05) is 57.2 Å². The van der Waals surface area contributed by atoms with Crippen LogP contribution in [0.1, 0.15) is 49.1 Å². The minimum Gasteiger partial charge on any atom is -0.487 e. The zero-order chi connectivity index (χ0) is 25.0. The number of aromatic nitrogens is 1. The molecule has 4 aromatic rings. The van der Waals surface area contributed by atoms with Crippen molar-refractivity contribution in [2.24, 2.45) is 22.2 Å². The maximum Gasteiger partial charge on any atom is 0.167 e. The van der Waals surface area contributed by atoms with Crippen LogP contribution in [0.25, 0.3) is 10.9 Å². The minimum atomic E-state index is -0.294. The van der Waals surface area contributed by atoms with E-state index in [1.807, 2.05) is 60.7 Å². The lowest BCUT2D eigenvalue weighted by Crippen LogP contribution is -2.34. The number of halogens is 1. The third-order valence-corrected chi connectivity index (χ3v) is 5.95. The number of nitrogens with two attached hydrogens (primary N) is 2. The molecule has 4 rings (SSSR count). The van der Waals surface area contributed by atoms with E-state index in [1.54, 1.807) is 12.1 Å². The van der Waals surface area contributed by atoms with E-state index in [-0.39, 0.29) is 17.2 Å². The summed E-state index contributed by atoms with van der Waals surface area (Å²) in [7, 11) is 0. The third kappa shape index (κ3) is 5.41. The number of hydrazone groups is 1. The predicted molar refractivity (Wildman–Crippen MR) is 138 cm³/mol. The highest BCUT2D eigenvalue weighted by Crippen LogP contribution is 2.43. The molecule has 0 bridgehead atoms. The van der Waals surface area contributed by atoms with E-state index in [0.29, 0.717) is 18.2 Å². The van der Waals surface area contributed by atoms with Gasteiger partial charge in [0.05, 0.1) is 11.2 Å². The van der Waals surface area contributed by atoms with E-state index in [0.717, 1.165) is 33.3 Å². The van der Waals surface area contributed by atoms with Crippen molar-refractivity contribution in [3.63, 3.8) is 0 Å². The Labute approximate surface area is 204 Å². The molecule has 0 radical (unpaired) electrons. The molecule has 0 aliphatic rings. The Hall–Kier alpha value is -3.97. The third-order valence-electron chi connectivity index (χ3n) is 5.95. The summed E-state index contributed by atoms with van der Waals surface area (Å²) in [5, 5.41) is 4.90. The maximum absolute atomic E-state index is 14.2. The molecule has 1 unspecified atom stereocenters. The molecule has 0 aliphatic heterocycles. The SMILES string of the molecule is CC(C)(C)C(c1cccc(F)c1)c1cc(OCc2ccc3ccccc3n2)ccc1/C(=N/N)NN. The summed E-state index contributed by atoms with van der Waals surface area (Å²) in [5.74, 6) is 11.8. The average molecular weight is 472 g/mol. The number of hydrazine groups is 1. The number of nitrogens with one attached hydrogen (secondary N) is 1. The quantitative estimate of drug-likeness (QED) is 0.155. The van der Waals surface area contributed by atoms with Gasteiger partial charge in [0.1, 0.15) is 18.2 Å². The Kier molecular flexibility index (Phi) is 6.98. The summed E-state index contributed by atoms with van der Waals surface area (Å²) >= 11 is 0. The summed E-state index contributed by atoms with van der Waals surface area (Å²) < 4.78 is 20.4. The maximum atomic E-state index is 14.2. The molecule has 1 atom stereocenters. The lowest BCUT2D eigenvalue weighted by atomic mass is 9.71. The van der Waals surface area contributed by atoms with Crippen LogP contribution in [-0.2, 0) is 6.61 Å². The van der Waals surface area contributed by atoms with Crippen molar-refractivity contribution in [1.82, 2.24) is 10.4 Å². The van der Waals surface area contributed by atoms with Crippen molar-refractivity contribution in [2.45, 2.75) is 33.3 Å². The number of hydrogen-bond donors (Lipinski definition) is 3. The van der Waals surface area contributed by atoms with E-state index in [2.05, 4.69) is 36.3 Å². The Bertz CT molecular complexity index is 1360. The zero-order valence-corrected chi connectivity index (χ0v) is 20.1. The normalized spacial score (nSPS) is 13.0. The predicted octanol–water partition coefficient (Wildman–Crippen LogP) is 5.21. The van der Waals surface area contributed by atoms with Gasteiger partial charge in [0.15, 0.2) is 5.84 Å². The second-order valence-corrected chi connectivity index (χ2v) is 9.51. The van der Waals surface area contributed by atoms with Gasteiger partial charge in [-0.3, -0.25) is 0 Å². The van der Waals surface area contributed by atoms with Crippen molar-refractivity contribution < 1.29 is 9.13 Å². The first kappa shape index (κ1) is 24.2. The second kappa shape index (κ2) is 10.1. The molecule has 0 amide bonds. The van der Waals surface area contributed by atoms with Gasteiger partial charge in [-0.25, -0.2) is 15.2 Å². The van der Waals surface area contributed by atoms with Crippen LogP contribution in [0.2, 0.25) is 0 Å². The number of rotatable bonds is 6. The lowest BCUT2D eigenvalue weighted by Gasteiger charge is -2.33. The standard InChI is InChI=1S/C28H30FN5O/c1-28(2,3)26(19-8-6-9-20(29)15-19)24-16-22(13-14-23(24)27(33-30)34-31)35-17-21-12-11-18-7-4-5-10-25(18)32-21/h4-16,26H,17,30-31H2,1-3H3,(H,33,34). The summed E-state index contributed by atoms with van der Waals surface area (Å²) in [4.78, 5) is 4.69. The number of pyridine rings is 1. The summed E-state index contributed by atoms with van der Waals surface area (Å²) in [6.07, 6.45) is 0. The number of hydrogen-bond acceptors (Lipinski definition) is 5. The molecule has 0 spiro atoms. The van der Waals surface area contributed by atoms with E-state index in [9.17, 15) is 4.39 Å². The molecule has 1 heterocycles. The van der Waals surface area contributed by atoms with Gasteiger partial charge in [0.2, 0.25) is 0 Å². The Morgan fingerprint density at radius 2 is 1.83 bits per heavy atom. The molecule has 0 saturated heterocycles. The fourth-order valence-corrected chi connectivity index (χ4v) is 4.45. The molecule has 1 aromatic heterocycles.